The lowest BCUT2D eigenvalue weighted by atomic mass is 10.1. The number of aliphatic hydroxyl groups is 1. The van der Waals surface area contributed by atoms with Gasteiger partial charge in [0.05, 0.1) is 0 Å². The van der Waals surface area contributed by atoms with Gasteiger partial charge in [0.2, 0.25) is 0 Å². The molecule has 0 atom stereocenters. The van der Waals surface area contributed by atoms with E-state index >= 15 is 0 Å². The fourth-order valence-corrected chi connectivity index (χ4v) is 2.08. The van der Waals surface area contributed by atoms with Crippen LogP contribution in [0.15, 0.2) is 18.2 Å². The van der Waals surface area contributed by atoms with Gasteiger partial charge in [-0.1, -0.05) is 12.1 Å². The third-order valence-electron chi connectivity index (χ3n) is 2.86. The summed E-state index contributed by atoms with van der Waals surface area (Å²) >= 11 is 0. The second kappa shape index (κ2) is 4.07. The molecule has 0 amide bonds. The van der Waals surface area contributed by atoms with E-state index in [0.717, 1.165) is 12.8 Å². The van der Waals surface area contributed by atoms with Crippen LogP contribution in [0.3, 0.4) is 0 Å². The lowest BCUT2D eigenvalue weighted by Crippen LogP contribution is -1.90. The molecule has 1 aromatic heterocycles. The molecule has 2 N–H and O–H groups in total. The zero-order chi connectivity index (χ0) is 10.8. The highest BCUT2D eigenvalue weighted by atomic mass is 16.2. The smallest absolute Gasteiger partial charge is 0.0461 e. The van der Waals surface area contributed by atoms with Crippen LogP contribution in [0, 0.1) is 13.8 Å². The Labute approximate surface area is 89.9 Å². The molecule has 0 saturated heterocycles. The fraction of sp³-hybridized carbons (Fsp3) is 0.385. The number of rotatable bonds is 3. The third-order valence-corrected chi connectivity index (χ3v) is 2.86. The molecule has 0 saturated carbocycles. The van der Waals surface area contributed by atoms with E-state index in [1.807, 2.05) is 0 Å². The van der Waals surface area contributed by atoms with Crippen LogP contribution in [0.1, 0.15) is 23.2 Å². The van der Waals surface area contributed by atoms with Crippen molar-refractivity contribution in [2.45, 2.75) is 26.7 Å². The van der Waals surface area contributed by atoms with E-state index in [4.69, 9.17) is 5.11 Å². The molecule has 2 nitrogen and oxygen atoms in total. The van der Waals surface area contributed by atoms with Crippen molar-refractivity contribution in [2.75, 3.05) is 6.61 Å². The van der Waals surface area contributed by atoms with Crippen molar-refractivity contribution in [3.05, 3.63) is 35.0 Å². The molecular formula is C13H17NO. The maximum Gasteiger partial charge on any atom is 0.0461 e. The number of nitrogens with one attached hydrogen (secondary N) is 1. The van der Waals surface area contributed by atoms with Crippen molar-refractivity contribution < 1.29 is 5.11 Å². The summed E-state index contributed by atoms with van der Waals surface area (Å²) < 4.78 is 0. The van der Waals surface area contributed by atoms with E-state index in [2.05, 4.69) is 37.0 Å². The van der Waals surface area contributed by atoms with E-state index < -0.39 is 0 Å². The highest BCUT2D eigenvalue weighted by Gasteiger charge is 2.07. The summed E-state index contributed by atoms with van der Waals surface area (Å²) in [6.45, 7) is 4.46. The number of aryl methyl sites for hydroxylation is 3. The molecule has 2 heteroatoms. The van der Waals surface area contributed by atoms with Gasteiger partial charge in [-0.05, 0) is 43.9 Å². The fourth-order valence-electron chi connectivity index (χ4n) is 2.08. The number of hydrogen-bond donors (Lipinski definition) is 2. The van der Waals surface area contributed by atoms with Crippen molar-refractivity contribution in [1.82, 2.24) is 4.98 Å². The van der Waals surface area contributed by atoms with Crippen molar-refractivity contribution in [3.8, 4) is 0 Å². The van der Waals surface area contributed by atoms with Gasteiger partial charge in [0.1, 0.15) is 0 Å². The minimum Gasteiger partial charge on any atom is -0.396 e. The van der Waals surface area contributed by atoms with Gasteiger partial charge >= 0.3 is 0 Å². The molecule has 0 radical (unpaired) electrons. The maximum atomic E-state index is 8.86. The Morgan fingerprint density at radius 2 is 2.07 bits per heavy atom. The minimum absolute atomic E-state index is 0.262. The van der Waals surface area contributed by atoms with Crippen LogP contribution in [0.2, 0.25) is 0 Å². The van der Waals surface area contributed by atoms with Gasteiger partial charge in [0.25, 0.3) is 0 Å². The minimum atomic E-state index is 0.262. The molecule has 2 rings (SSSR count). The Hall–Kier alpha value is -1.28. The molecule has 2 aromatic rings. The van der Waals surface area contributed by atoms with Crippen LogP contribution in [0.5, 0.6) is 0 Å². The number of H-pyrrole nitrogens is 1. The molecule has 1 heterocycles. The largest absolute Gasteiger partial charge is 0.396 e. The summed E-state index contributed by atoms with van der Waals surface area (Å²) in [7, 11) is 0. The molecule has 1 aromatic carbocycles. The summed E-state index contributed by atoms with van der Waals surface area (Å²) in [6.07, 6.45) is 1.78. The number of fused-ring (bicyclic) bond motifs is 1. The Bertz CT molecular complexity index is 471. The molecule has 0 aliphatic heterocycles. The summed E-state index contributed by atoms with van der Waals surface area (Å²) in [5, 5.41) is 10.2. The van der Waals surface area contributed by atoms with E-state index in [0.29, 0.717) is 0 Å². The zero-order valence-electron chi connectivity index (χ0n) is 9.30. The number of aliphatic hydroxyl groups excluding tert-OH is 1. The number of hydrogen-bond acceptors (Lipinski definition) is 1. The van der Waals surface area contributed by atoms with Gasteiger partial charge in [-0.25, -0.2) is 0 Å². The normalized spacial score (nSPS) is 11.1. The monoisotopic (exact) mass is 203 g/mol. The molecule has 0 aliphatic rings. The van der Waals surface area contributed by atoms with Crippen LogP contribution in [0.25, 0.3) is 10.9 Å². The van der Waals surface area contributed by atoms with Crippen LogP contribution >= 0.6 is 0 Å². The molecule has 0 spiro atoms. The second-order valence-corrected chi connectivity index (χ2v) is 4.10. The highest BCUT2D eigenvalue weighted by Crippen LogP contribution is 2.24. The Kier molecular flexibility index (Phi) is 2.78. The highest BCUT2D eigenvalue weighted by molar-refractivity contribution is 5.85. The van der Waals surface area contributed by atoms with Crippen molar-refractivity contribution >= 4 is 10.9 Å². The lowest BCUT2D eigenvalue weighted by molar-refractivity contribution is 0.288. The molecule has 0 bridgehead atoms. The predicted molar refractivity (Wildman–Crippen MR) is 63.2 cm³/mol. The van der Waals surface area contributed by atoms with Crippen LogP contribution in [0.4, 0.5) is 0 Å². The molecule has 15 heavy (non-hydrogen) atoms. The van der Waals surface area contributed by atoms with Crippen LogP contribution < -0.4 is 0 Å². The van der Waals surface area contributed by atoms with E-state index in [-0.39, 0.29) is 6.61 Å². The molecular weight excluding hydrogens is 186 g/mol. The first-order valence-corrected chi connectivity index (χ1v) is 5.41. The van der Waals surface area contributed by atoms with Crippen molar-refractivity contribution in [2.24, 2.45) is 0 Å². The van der Waals surface area contributed by atoms with E-state index in [9.17, 15) is 0 Å². The summed E-state index contributed by atoms with van der Waals surface area (Å²) in [4.78, 5) is 3.40. The molecule has 0 fully saturated rings. The lowest BCUT2D eigenvalue weighted by Gasteiger charge is -1.99. The average Bonchev–Trinajstić information content (AvgIpc) is 2.50. The van der Waals surface area contributed by atoms with E-state index in [1.165, 1.54) is 27.7 Å². The Morgan fingerprint density at radius 1 is 1.27 bits per heavy atom. The van der Waals surface area contributed by atoms with Crippen LogP contribution in [-0.4, -0.2) is 16.7 Å². The molecule has 0 unspecified atom stereocenters. The Balaban J connectivity index is 2.48. The summed E-state index contributed by atoms with van der Waals surface area (Å²) in [6, 6.07) is 6.48. The maximum absolute atomic E-state index is 8.86. The zero-order valence-corrected chi connectivity index (χ0v) is 9.30. The topological polar surface area (TPSA) is 36.0 Å². The Morgan fingerprint density at radius 3 is 2.80 bits per heavy atom. The van der Waals surface area contributed by atoms with Crippen LogP contribution in [-0.2, 0) is 6.42 Å². The van der Waals surface area contributed by atoms with Gasteiger partial charge in [-0.15, -0.1) is 0 Å². The second-order valence-electron chi connectivity index (χ2n) is 4.10. The standard InChI is InChI=1S/C13H17NO/c1-9-5-6-12-11(4-3-7-15)10(2)14-13(12)8-9/h5-6,8,14-15H,3-4,7H2,1-2H3. The first kappa shape index (κ1) is 10.2. The molecule has 0 aliphatic carbocycles. The van der Waals surface area contributed by atoms with Gasteiger partial charge in [0, 0.05) is 23.2 Å². The first-order valence-electron chi connectivity index (χ1n) is 5.41. The quantitative estimate of drug-likeness (QED) is 0.790. The number of benzene rings is 1. The predicted octanol–water partition coefficient (Wildman–Crippen LogP) is 2.71. The summed E-state index contributed by atoms with van der Waals surface area (Å²) in [5.41, 5.74) is 5.06. The third kappa shape index (κ3) is 1.90. The van der Waals surface area contributed by atoms with Gasteiger partial charge in [0.15, 0.2) is 0 Å². The van der Waals surface area contributed by atoms with E-state index in [1.54, 1.807) is 0 Å². The average molecular weight is 203 g/mol. The number of aromatic amines is 1. The first-order chi connectivity index (χ1) is 7.22. The van der Waals surface area contributed by atoms with Crippen molar-refractivity contribution in [3.63, 3.8) is 0 Å². The SMILES string of the molecule is Cc1ccc2c(CCCO)c(C)[nH]c2c1. The molecule has 80 valence electrons. The van der Waals surface area contributed by atoms with Crippen molar-refractivity contribution in [1.29, 1.82) is 0 Å². The van der Waals surface area contributed by atoms with Gasteiger partial charge in [-0.3, -0.25) is 0 Å². The van der Waals surface area contributed by atoms with Gasteiger partial charge in [-0.2, -0.15) is 0 Å². The number of aromatic nitrogens is 1. The van der Waals surface area contributed by atoms with Gasteiger partial charge < -0.3 is 10.1 Å². The summed E-state index contributed by atoms with van der Waals surface area (Å²) in [5.74, 6) is 0.